The van der Waals surface area contributed by atoms with Crippen LogP contribution in [0.3, 0.4) is 0 Å². The van der Waals surface area contributed by atoms with Crippen LogP contribution in [-0.4, -0.2) is 30.8 Å². The average Bonchev–Trinajstić information content (AvgIpc) is 2.35. The number of rotatable bonds is 3. The van der Waals surface area contributed by atoms with Gasteiger partial charge >= 0.3 is 12.1 Å². The highest BCUT2D eigenvalue weighted by molar-refractivity contribution is 5.96. The van der Waals surface area contributed by atoms with Gasteiger partial charge in [0.05, 0.1) is 12.8 Å². The number of benzene rings is 1. The van der Waals surface area contributed by atoms with Crippen molar-refractivity contribution in [3.8, 4) is 0 Å². The van der Waals surface area contributed by atoms with E-state index >= 15 is 0 Å². The highest BCUT2D eigenvalue weighted by atomic mass is 16.6. The maximum atomic E-state index is 12.4. The Balaban J connectivity index is 3.17. The highest BCUT2D eigenvalue weighted by Gasteiger charge is 2.31. The van der Waals surface area contributed by atoms with Crippen LogP contribution in [0.15, 0.2) is 24.3 Å². The number of ether oxygens (including phenoxy) is 2. The Hall–Kier alpha value is -2.24. The Morgan fingerprint density at radius 2 is 1.90 bits per heavy atom. The number of esters is 1. The fraction of sp³-hybridized carbons (Fsp3) is 0.467. The number of nitrogens with zero attached hydrogens (tertiary/aromatic N) is 1. The van der Waals surface area contributed by atoms with Gasteiger partial charge in [-0.1, -0.05) is 6.07 Å². The number of anilines is 2. The molecule has 1 aromatic carbocycles. The molecule has 0 radical (unpaired) electrons. The fourth-order valence-corrected chi connectivity index (χ4v) is 1.75. The van der Waals surface area contributed by atoms with E-state index in [4.69, 9.17) is 15.2 Å². The minimum Gasteiger partial charge on any atom is -0.467 e. The normalized spacial score (nSPS) is 12.4. The molecule has 0 heterocycles. The molecule has 0 bridgehead atoms. The van der Waals surface area contributed by atoms with E-state index in [2.05, 4.69) is 0 Å². The number of nitrogen functional groups attached to an aromatic ring is 1. The molecule has 0 fully saturated rings. The van der Waals surface area contributed by atoms with E-state index < -0.39 is 23.7 Å². The largest absolute Gasteiger partial charge is 0.467 e. The van der Waals surface area contributed by atoms with Crippen LogP contribution in [0.25, 0.3) is 0 Å². The molecule has 6 heteroatoms. The number of carbonyl (C=O) groups excluding carboxylic acids is 2. The molecule has 116 valence electrons. The van der Waals surface area contributed by atoms with Gasteiger partial charge < -0.3 is 15.2 Å². The second-order valence-electron chi connectivity index (χ2n) is 5.64. The van der Waals surface area contributed by atoms with Crippen molar-refractivity contribution < 1.29 is 19.1 Å². The first-order chi connectivity index (χ1) is 9.65. The molecule has 0 spiro atoms. The molecule has 1 rings (SSSR count). The summed E-state index contributed by atoms with van der Waals surface area (Å²) in [6.07, 6.45) is -0.633. The molecule has 0 aliphatic carbocycles. The number of hydrogen-bond acceptors (Lipinski definition) is 5. The van der Waals surface area contributed by atoms with E-state index in [1.54, 1.807) is 52.0 Å². The molecule has 2 N–H and O–H groups in total. The zero-order valence-electron chi connectivity index (χ0n) is 13.0. The third-order valence-corrected chi connectivity index (χ3v) is 2.67. The third-order valence-electron chi connectivity index (χ3n) is 2.67. The summed E-state index contributed by atoms with van der Waals surface area (Å²) in [5.74, 6) is -0.539. The van der Waals surface area contributed by atoms with Gasteiger partial charge in [0.15, 0.2) is 0 Å². The lowest BCUT2D eigenvalue weighted by atomic mass is 10.2. The Morgan fingerprint density at radius 3 is 2.38 bits per heavy atom. The van der Waals surface area contributed by atoms with Gasteiger partial charge in [0, 0.05) is 5.69 Å². The van der Waals surface area contributed by atoms with Crippen molar-refractivity contribution in [1.82, 2.24) is 0 Å². The van der Waals surface area contributed by atoms with Crippen molar-refractivity contribution in [2.24, 2.45) is 0 Å². The monoisotopic (exact) mass is 294 g/mol. The molecule has 0 aliphatic rings. The second kappa shape index (κ2) is 6.47. The van der Waals surface area contributed by atoms with Crippen molar-refractivity contribution >= 4 is 23.4 Å². The van der Waals surface area contributed by atoms with Crippen LogP contribution in [0.2, 0.25) is 0 Å². The number of hydrogen-bond donors (Lipinski definition) is 1. The van der Waals surface area contributed by atoms with Gasteiger partial charge in [0.2, 0.25) is 0 Å². The van der Waals surface area contributed by atoms with Crippen molar-refractivity contribution in [1.29, 1.82) is 0 Å². The Labute approximate surface area is 124 Å². The predicted octanol–water partition coefficient (Wildman–Crippen LogP) is 2.57. The lowest BCUT2D eigenvalue weighted by Crippen LogP contribution is -2.46. The summed E-state index contributed by atoms with van der Waals surface area (Å²) in [6, 6.07) is 5.85. The Bertz CT molecular complexity index is 523. The maximum Gasteiger partial charge on any atom is 0.415 e. The number of nitrogens with two attached hydrogens (primary N) is 1. The topological polar surface area (TPSA) is 81.9 Å². The number of amides is 1. The summed E-state index contributed by atoms with van der Waals surface area (Å²) in [5, 5.41) is 0. The minimum atomic E-state index is -0.827. The minimum absolute atomic E-state index is 0.474. The first-order valence-corrected chi connectivity index (χ1v) is 6.61. The molecule has 1 amide bonds. The molecule has 0 saturated heterocycles. The van der Waals surface area contributed by atoms with Crippen LogP contribution in [0.4, 0.5) is 16.2 Å². The molecule has 0 aliphatic heterocycles. The molecule has 21 heavy (non-hydrogen) atoms. The molecular weight excluding hydrogens is 272 g/mol. The van der Waals surface area contributed by atoms with Crippen LogP contribution in [-0.2, 0) is 14.3 Å². The van der Waals surface area contributed by atoms with E-state index in [9.17, 15) is 9.59 Å². The van der Waals surface area contributed by atoms with Gasteiger partial charge in [0.1, 0.15) is 11.6 Å². The summed E-state index contributed by atoms with van der Waals surface area (Å²) in [7, 11) is 1.27. The van der Waals surface area contributed by atoms with Crippen LogP contribution >= 0.6 is 0 Å². The third kappa shape index (κ3) is 4.66. The van der Waals surface area contributed by atoms with Gasteiger partial charge in [-0.2, -0.15) is 0 Å². The molecule has 0 aromatic heterocycles. The van der Waals surface area contributed by atoms with Crippen molar-refractivity contribution in [3.63, 3.8) is 0 Å². The van der Waals surface area contributed by atoms with Crippen LogP contribution in [0.1, 0.15) is 27.7 Å². The summed E-state index contributed by atoms with van der Waals surface area (Å²) in [5.41, 5.74) is 6.02. The lowest BCUT2D eigenvalue weighted by molar-refractivity contribution is -0.141. The first kappa shape index (κ1) is 16.8. The summed E-state index contributed by atoms with van der Waals surface area (Å²) < 4.78 is 10.1. The Kier molecular flexibility index (Phi) is 5.18. The van der Waals surface area contributed by atoms with Gasteiger partial charge in [-0.05, 0) is 45.9 Å². The number of methoxy groups -OCH3 is 1. The van der Waals surface area contributed by atoms with E-state index in [0.717, 1.165) is 0 Å². The quantitative estimate of drug-likeness (QED) is 0.684. The lowest BCUT2D eigenvalue weighted by Gasteiger charge is -2.30. The van der Waals surface area contributed by atoms with E-state index in [0.29, 0.717) is 11.4 Å². The van der Waals surface area contributed by atoms with E-state index in [-0.39, 0.29) is 0 Å². The van der Waals surface area contributed by atoms with Gasteiger partial charge in [-0.3, -0.25) is 4.90 Å². The molecule has 1 aromatic rings. The highest BCUT2D eigenvalue weighted by Crippen LogP contribution is 2.23. The first-order valence-electron chi connectivity index (χ1n) is 6.61. The molecule has 1 atom stereocenters. The van der Waals surface area contributed by atoms with Crippen LogP contribution < -0.4 is 10.6 Å². The summed E-state index contributed by atoms with van der Waals surface area (Å²) >= 11 is 0. The van der Waals surface area contributed by atoms with Gasteiger partial charge in [-0.25, -0.2) is 9.59 Å². The van der Waals surface area contributed by atoms with E-state index in [1.807, 2.05) is 0 Å². The summed E-state index contributed by atoms with van der Waals surface area (Å²) in [6.45, 7) is 6.83. The molecule has 0 saturated carbocycles. The van der Waals surface area contributed by atoms with Gasteiger partial charge in [-0.15, -0.1) is 0 Å². The standard InChI is InChI=1S/C15H22N2O4/c1-10(13(18)20-5)17(14(19)21-15(2,3)4)12-8-6-7-11(16)9-12/h6-10H,16H2,1-5H3. The van der Waals surface area contributed by atoms with Crippen molar-refractivity contribution in [2.75, 3.05) is 17.7 Å². The SMILES string of the molecule is COC(=O)C(C)N(C(=O)OC(C)(C)C)c1cccc(N)c1. The molecular formula is C15H22N2O4. The predicted molar refractivity (Wildman–Crippen MR) is 81.0 cm³/mol. The van der Waals surface area contributed by atoms with Crippen LogP contribution in [0.5, 0.6) is 0 Å². The second-order valence-corrected chi connectivity index (χ2v) is 5.64. The van der Waals surface area contributed by atoms with Crippen LogP contribution in [0, 0.1) is 0 Å². The maximum absolute atomic E-state index is 12.4. The van der Waals surface area contributed by atoms with E-state index in [1.165, 1.54) is 12.0 Å². The average molecular weight is 294 g/mol. The van der Waals surface area contributed by atoms with Crippen molar-refractivity contribution in [2.45, 2.75) is 39.3 Å². The number of carbonyl (C=O) groups is 2. The molecule has 1 unspecified atom stereocenters. The zero-order valence-corrected chi connectivity index (χ0v) is 13.0. The Morgan fingerprint density at radius 1 is 1.29 bits per heavy atom. The summed E-state index contributed by atoms with van der Waals surface area (Å²) in [4.78, 5) is 25.4. The zero-order chi connectivity index (χ0) is 16.2. The fourth-order valence-electron chi connectivity index (χ4n) is 1.75. The molecule has 6 nitrogen and oxygen atoms in total. The van der Waals surface area contributed by atoms with Crippen molar-refractivity contribution in [3.05, 3.63) is 24.3 Å². The van der Waals surface area contributed by atoms with Gasteiger partial charge in [0.25, 0.3) is 0 Å². The smallest absolute Gasteiger partial charge is 0.415 e.